The lowest BCUT2D eigenvalue weighted by molar-refractivity contribution is -0.139. The highest BCUT2D eigenvalue weighted by atomic mass is 16.2. The summed E-state index contributed by atoms with van der Waals surface area (Å²) in [4.78, 5) is 62.2. The fourth-order valence-corrected chi connectivity index (χ4v) is 3.51. The van der Waals surface area contributed by atoms with Crippen LogP contribution in [0.5, 0.6) is 0 Å². The number of aromatic nitrogens is 2. The van der Waals surface area contributed by atoms with E-state index in [9.17, 15) is 24.0 Å². The maximum absolute atomic E-state index is 12.8. The Morgan fingerprint density at radius 3 is 2.32 bits per heavy atom. The number of benzene rings is 2. The number of hydrazine groups is 1. The van der Waals surface area contributed by atoms with Crippen molar-refractivity contribution in [3.8, 4) is 0 Å². The van der Waals surface area contributed by atoms with Gasteiger partial charge in [0.25, 0.3) is 17.0 Å². The van der Waals surface area contributed by atoms with E-state index in [4.69, 9.17) is 0 Å². The van der Waals surface area contributed by atoms with Gasteiger partial charge in [0.1, 0.15) is 5.54 Å². The zero-order valence-electron chi connectivity index (χ0n) is 16.5. The standard InChI is InChI=1S/C21H19N5O5/c1-21(13-7-3-2-4-8-13)19(30)26(20(31)22-21)23-16(27)11-12-25-18(29)15-10-6-5-9-14(15)17(28)24-25/h2-10H,11-12H2,1H3,(H,22,31)(H,23,27)(H,24,28)/t21-/m1/s1. The quantitative estimate of drug-likeness (QED) is 0.518. The predicted octanol–water partition coefficient (Wildman–Crippen LogP) is 0.578. The molecule has 3 aromatic rings. The zero-order valence-corrected chi connectivity index (χ0v) is 16.5. The number of carbonyl (C=O) groups is 3. The van der Waals surface area contributed by atoms with Crippen LogP contribution in [0.1, 0.15) is 18.9 Å². The largest absolute Gasteiger partial charge is 0.344 e. The van der Waals surface area contributed by atoms with E-state index in [1.165, 1.54) is 12.1 Å². The maximum atomic E-state index is 12.8. The summed E-state index contributed by atoms with van der Waals surface area (Å²) >= 11 is 0. The molecule has 4 rings (SSSR count). The number of amides is 4. The molecule has 0 radical (unpaired) electrons. The molecule has 10 heteroatoms. The molecule has 4 amide bonds. The maximum Gasteiger partial charge on any atom is 0.344 e. The molecule has 3 N–H and O–H groups in total. The van der Waals surface area contributed by atoms with Crippen molar-refractivity contribution < 1.29 is 14.4 Å². The number of aryl methyl sites for hydroxylation is 1. The third kappa shape index (κ3) is 3.48. The number of nitrogens with one attached hydrogen (secondary N) is 3. The summed E-state index contributed by atoms with van der Waals surface area (Å²) in [6.07, 6.45) is -0.243. The van der Waals surface area contributed by atoms with Crippen molar-refractivity contribution in [2.45, 2.75) is 25.4 Å². The SMILES string of the molecule is C[C@]1(c2ccccc2)NC(=O)N(NC(=O)CCn2[nH]c(=O)c3ccccc3c2=O)C1=O. The van der Waals surface area contributed by atoms with Gasteiger partial charge < -0.3 is 5.32 Å². The highest BCUT2D eigenvalue weighted by Gasteiger charge is 2.49. The molecule has 1 aromatic heterocycles. The van der Waals surface area contributed by atoms with E-state index in [1.807, 2.05) is 0 Å². The lowest BCUT2D eigenvalue weighted by atomic mass is 9.92. The van der Waals surface area contributed by atoms with E-state index in [0.29, 0.717) is 10.6 Å². The summed E-state index contributed by atoms with van der Waals surface area (Å²) < 4.78 is 1.03. The van der Waals surface area contributed by atoms with E-state index in [0.717, 1.165) is 4.68 Å². The molecule has 1 aliphatic heterocycles. The van der Waals surface area contributed by atoms with Gasteiger partial charge >= 0.3 is 6.03 Å². The van der Waals surface area contributed by atoms with Crippen molar-refractivity contribution in [3.05, 3.63) is 80.9 Å². The van der Waals surface area contributed by atoms with E-state index in [-0.39, 0.29) is 23.7 Å². The molecule has 2 heterocycles. The summed E-state index contributed by atoms with van der Waals surface area (Å²) in [6, 6.07) is 14.3. The molecule has 1 saturated heterocycles. The van der Waals surface area contributed by atoms with E-state index >= 15 is 0 Å². The van der Waals surface area contributed by atoms with Crippen molar-refractivity contribution in [3.63, 3.8) is 0 Å². The van der Waals surface area contributed by atoms with Gasteiger partial charge in [-0.2, -0.15) is 5.01 Å². The summed E-state index contributed by atoms with van der Waals surface area (Å²) in [5.74, 6) is -1.30. The first-order valence-corrected chi connectivity index (χ1v) is 9.55. The van der Waals surface area contributed by atoms with Crippen molar-refractivity contribution in [1.82, 2.24) is 25.5 Å². The van der Waals surface area contributed by atoms with Crippen LogP contribution in [0.3, 0.4) is 0 Å². The Bertz CT molecular complexity index is 1310. The Hall–Kier alpha value is -4.21. The molecule has 31 heavy (non-hydrogen) atoms. The van der Waals surface area contributed by atoms with Crippen molar-refractivity contribution in [1.29, 1.82) is 0 Å². The number of nitrogens with zero attached hydrogens (tertiary/aromatic N) is 2. The predicted molar refractivity (Wildman–Crippen MR) is 111 cm³/mol. The molecule has 0 bridgehead atoms. The van der Waals surface area contributed by atoms with Crippen LogP contribution in [0.2, 0.25) is 0 Å². The van der Waals surface area contributed by atoms with Crippen molar-refractivity contribution >= 4 is 28.6 Å². The average Bonchev–Trinajstić information content (AvgIpc) is 3.00. The number of H-pyrrole nitrogens is 1. The summed E-state index contributed by atoms with van der Waals surface area (Å²) in [5.41, 5.74) is 0.627. The zero-order chi connectivity index (χ0) is 22.2. The molecule has 10 nitrogen and oxygen atoms in total. The van der Waals surface area contributed by atoms with Gasteiger partial charge in [0, 0.05) is 6.42 Å². The molecule has 158 valence electrons. The number of rotatable bonds is 5. The minimum atomic E-state index is -1.31. The second kappa shape index (κ2) is 7.56. The Kier molecular flexibility index (Phi) is 4.90. The lowest BCUT2D eigenvalue weighted by Crippen LogP contribution is -2.48. The lowest BCUT2D eigenvalue weighted by Gasteiger charge is -2.22. The summed E-state index contributed by atoms with van der Waals surface area (Å²) in [6.45, 7) is 1.42. The van der Waals surface area contributed by atoms with E-state index in [2.05, 4.69) is 15.8 Å². The highest BCUT2D eigenvalue weighted by molar-refractivity contribution is 6.08. The number of urea groups is 1. The smallest absolute Gasteiger partial charge is 0.318 e. The van der Waals surface area contributed by atoms with E-state index < -0.39 is 34.5 Å². The van der Waals surface area contributed by atoms with Gasteiger partial charge in [-0.15, -0.1) is 0 Å². The Morgan fingerprint density at radius 2 is 1.61 bits per heavy atom. The fourth-order valence-electron chi connectivity index (χ4n) is 3.51. The third-order valence-corrected chi connectivity index (χ3v) is 5.22. The number of aromatic amines is 1. The second-order valence-electron chi connectivity index (χ2n) is 7.29. The Labute approximate surface area is 175 Å². The number of hydrogen-bond acceptors (Lipinski definition) is 5. The minimum Gasteiger partial charge on any atom is -0.318 e. The van der Waals surface area contributed by atoms with Crippen LogP contribution >= 0.6 is 0 Å². The van der Waals surface area contributed by atoms with Gasteiger partial charge in [0.2, 0.25) is 5.91 Å². The Morgan fingerprint density at radius 1 is 0.968 bits per heavy atom. The molecule has 2 aromatic carbocycles. The first-order chi connectivity index (χ1) is 14.8. The van der Waals surface area contributed by atoms with Crippen molar-refractivity contribution in [2.75, 3.05) is 0 Å². The second-order valence-corrected chi connectivity index (χ2v) is 7.29. The molecule has 1 fully saturated rings. The van der Waals surface area contributed by atoms with Crippen LogP contribution in [0.15, 0.2) is 64.2 Å². The topological polar surface area (TPSA) is 133 Å². The molecule has 0 unspecified atom stereocenters. The van der Waals surface area contributed by atoms with Gasteiger partial charge in [-0.05, 0) is 24.6 Å². The van der Waals surface area contributed by atoms with E-state index in [1.54, 1.807) is 49.4 Å². The normalized spacial score (nSPS) is 18.3. The number of hydrogen-bond donors (Lipinski definition) is 3. The summed E-state index contributed by atoms with van der Waals surface area (Å²) in [7, 11) is 0. The number of imide groups is 1. The highest BCUT2D eigenvalue weighted by Crippen LogP contribution is 2.27. The first kappa shape index (κ1) is 20.1. The van der Waals surface area contributed by atoms with Gasteiger partial charge in [-0.1, -0.05) is 42.5 Å². The molecule has 0 spiro atoms. The average molecular weight is 421 g/mol. The molecular formula is C21H19N5O5. The van der Waals surface area contributed by atoms with Gasteiger partial charge in [0.05, 0.1) is 17.3 Å². The van der Waals surface area contributed by atoms with Crippen LogP contribution in [0, 0.1) is 0 Å². The molecule has 0 saturated carbocycles. The minimum absolute atomic E-state index is 0.135. The van der Waals surface area contributed by atoms with Gasteiger partial charge in [-0.3, -0.25) is 29.7 Å². The monoisotopic (exact) mass is 421 g/mol. The summed E-state index contributed by atoms with van der Waals surface area (Å²) in [5, 5.41) is 6.13. The molecular weight excluding hydrogens is 402 g/mol. The third-order valence-electron chi connectivity index (χ3n) is 5.22. The van der Waals surface area contributed by atoms with Gasteiger partial charge in [-0.25, -0.2) is 9.48 Å². The van der Waals surface area contributed by atoms with Crippen LogP contribution in [0.4, 0.5) is 4.79 Å². The molecule has 1 atom stereocenters. The molecule has 0 aliphatic carbocycles. The number of fused-ring (bicyclic) bond motifs is 1. The number of carbonyl (C=O) groups excluding carboxylic acids is 3. The fraction of sp³-hybridized carbons (Fsp3) is 0.190. The Balaban J connectivity index is 1.47. The van der Waals surface area contributed by atoms with Gasteiger partial charge in [0.15, 0.2) is 0 Å². The van der Waals surface area contributed by atoms with Crippen molar-refractivity contribution in [2.24, 2.45) is 0 Å². The van der Waals surface area contributed by atoms with Crippen LogP contribution < -0.4 is 21.9 Å². The van der Waals surface area contributed by atoms with Crippen LogP contribution in [-0.2, 0) is 21.7 Å². The first-order valence-electron chi connectivity index (χ1n) is 9.55. The van der Waals surface area contributed by atoms with Crippen LogP contribution in [-0.4, -0.2) is 32.6 Å². The molecule has 1 aliphatic rings. The van der Waals surface area contributed by atoms with Crippen LogP contribution in [0.25, 0.3) is 10.8 Å².